The molecule has 39 heteroatoms. The fourth-order valence-electron chi connectivity index (χ4n) is 18.0. The van der Waals surface area contributed by atoms with Gasteiger partial charge in [0.2, 0.25) is 17.4 Å². The first kappa shape index (κ1) is 99.1. The summed E-state index contributed by atoms with van der Waals surface area (Å²) in [5.74, 6) is 1.83. The van der Waals surface area contributed by atoms with Crippen LogP contribution in [-0.4, -0.2) is 206 Å². The van der Waals surface area contributed by atoms with Crippen molar-refractivity contribution < 1.29 is 66.7 Å². The van der Waals surface area contributed by atoms with Gasteiger partial charge >= 0.3 is 0 Å². The summed E-state index contributed by atoms with van der Waals surface area (Å²) in [4.78, 5) is 175. The van der Waals surface area contributed by atoms with Gasteiger partial charge in [-0.25, -0.2) is 39.9 Å². The SMILES string of the molecule is CN1C(=O)[C@@H](NC(=O)c2n[nH]c(Cc3ccccc3)n2)CC2(CC2)c2cccnc21.CN1C(=O)[C@H](NC(=O)c2n[nH]c(Cc3ccccc3)n2)CC2(CC2)c2cccnc21.C[C@H]1Oc2cccnc2CC(=O)[C@H]1NC(=O)c1ncc(Cc2ccccc2)s1.C[C@H]1Oc2cccnc2N(C)C(=O)[C@H]1NC(=O)c1cc(Cc2ccccc2)no1.C[C@H]1Oc2cccnc2N(C)C(=O)[C@H]1NC(=O)c1ncc(Cc2ccccc2)s1. The number of benzene rings is 5. The van der Waals surface area contributed by atoms with E-state index in [1.54, 1.807) is 145 Å². The number of nitrogens with one attached hydrogen (secondary N) is 7. The minimum Gasteiger partial charge on any atom is -0.486 e. The summed E-state index contributed by atoms with van der Waals surface area (Å²) in [7, 11) is 6.64. The molecule has 7 aliphatic rings. The third kappa shape index (κ3) is 23.1. The number of Topliss-reactive ketones (excluding diaryl/α,β-unsaturated/α-hetero) is 1. The Morgan fingerprint density at radius 1 is 0.384 bits per heavy atom. The van der Waals surface area contributed by atoms with E-state index in [0.29, 0.717) is 119 Å². The van der Waals surface area contributed by atoms with Crippen molar-refractivity contribution in [1.29, 1.82) is 0 Å². The lowest BCUT2D eigenvalue weighted by atomic mass is 9.90. The average Bonchev–Trinajstić information content (AvgIpc) is 1.58. The van der Waals surface area contributed by atoms with E-state index in [-0.39, 0.29) is 70.0 Å². The maximum absolute atomic E-state index is 13.1. The number of amides is 9. The number of carbonyl (C=O) groups is 10. The number of likely N-dealkylation sites (N-methyl/N-ethyl adjacent to an activating group) is 4. The monoisotopic (exact) mass is 2000 g/mol. The molecule has 5 aromatic carbocycles. The van der Waals surface area contributed by atoms with Crippen LogP contribution in [0.15, 0.2) is 266 Å². The number of aromatic amines is 2. The van der Waals surface area contributed by atoms with Crippen molar-refractivity contribution in [2.45, 2.75) is 157 Å². The third-order valence-corrected chi connectivity index (χ3v) is 28.0. The van der Waals surface area contributed by atoms with Crippen LogP contribution in [-0.2, 0) is 73.3 Å². The Bertz CT molecular complexity index is 6920. The van der Waals surface area contributed by atoms with Crippen molar-refractivity contribution in [3.63, 3.8) is 0 Å². The van der Waals surface area contributed by atoms with Crippen molar-refractivity contribution in [2.75, 3.05) is 47.8 Å². The highest BCUT2D eigenvalue weighted by Crippen LogP contribution is 2.57. The van der Waals surface area contributed by atoms with Gasteiger partial charge in [-0.15, -0.1) is 32.9 Å². The van der Waals surface area contributed by atoms with Gasteiger partial charge in [-0.2, -0.15) is 0 Å². The van der Waals surface area contributed by atoms with E-state index >= 15 is 0 Å². The van der Waals surface area contributed by atoms with E-state index < -0.39 is 72.1 Å². The van der Waals surface area contributed by atoms with Crippen LogP contribution >= 0.6 is 22.7 Å². The molecule has 742 valence electrons. The lowest BCUT2D eigenvalue weighted by molar-refractivity contribution is -0.122. The van der Waals surface area contributed by atoms with Crippen LogP contribution in [0.2, 0.25) is 0 Å². The van der Waals surface area contributed by atoms with E-state index in [1.165, 1.54) is 32.5 Å². The summed E-state index contributed by atoms with van der Waals surface area (Å²) in [6.45, 7) is 5.25. The number of hydrogen-bond donors (Lipinski definition) is 7. The molecule has 8 atom stereocenters. The molecule has 2 saturated carbocycles. The number of ether oxygens (including phenoxy) is 3. The molecule has 0 bridgehead atoms. The first-order valence-electron chi connectivity index (χ1n) is 47.6. The van der Waals surface area contributed by atoms with Crippen LogP contribution in [0.5, 0.6) is 17.2 Å². The van der Waals surface area contributed by atoms with Gasteiger partial charge in [0.05, 0.1) is 17.8 Å². The highest BCUT2D eigenvalue weighted by molar-refractivity contribution is 7.14. The molecule has 0 saturated heterocycles. The van der Waals surface area contributed by atoms with Gasteiger partial charge < -0.3 is 45.3 Å². The number of rotatable bonds is 20. The van der Waals surface area contributed by atoms with Crippen molar-refractivity contribution in [3.8, 4) is 17.2 Å². The zero-order chi connectivity index (χ0) is 102. The number of H-pyrrole nitrogens is 2. The van der Waals surface area contributed by atoms with E-state index in [4.69, 9.17) is 18.7 Å². The molecule has 2 fully saturated rings. The number of aromatic nitrogens is 14. The minimum atomic E-state index is -0.899. The maximum atomic E-state index is 13.1. The van der Waals surface area contributed by atoms with Gasteiger partial charge in [0.25, 0.3) is 53.2 Å². The lowest BCUT2D eigenvalue weighted by Crippen LogP contribution is -2.53. The molecular weight excluding hydrogens is 1900 g/mol. The van der Waals surface area contributed by atoms with Crippen LogP contribution < -0.4 is 60.4 Å². The number of pyridine rings is 5. The van der Waals surface area contributed by atoms with Gasteiger partial charge in [0.1, 0.15) is 77.6 Å². The van der Waals surface area contributed by atoms with Crippen LogP contribution in [0.1, 0.15) is 182 Å². The second-order valence-corrected chi connectivity index (χ2v) is 38.6. The first-order chi connectivity index (χ1) is 70.8. The number of ketones is 1. The normalized spacial score (nSPS) is 18.9. The Hall–Kier alpha value is -17.1. The Morgan fingerprint density at radius 2 is 0.740 bits per heavy atom. The van der Waals surface area contributed by atoms with Gasteiger partial charge in [-0.05, 0) is 136 Å². The standard InChI is InChI=1S/2C22H22N6O2.C21H20N4O4.C21H20N4O3S.C21H19N3O3S/c2*1-28-19-15(8-5-11-23-19)22(9-10-22)13-16(21(28)30)24-20(29)18-25-17(26-27-18)12-14-6-3-2-4-7-14;1-13-18(21(27)25(2)19-16(28-13)9-6-10-22-19)23-20(26)17-12-15(24-29-17)11-14-7-4-3-5-8-14;1-13-17(21(27)25(2)18-16(28-13)9-6-10-22-18)24-19(26)20-23-12-15(29-20)11-14-7-4-3-5-8-14;1-13-19(17(25)11-16-18(27-13)8-5-9-22-16)24-20(26)21-23-12-15(28-21)10-14-6-3-2-4-7-14/h2*2-8,11,16H,9-10,12-13H2,1H3,(H,24,29)(H,25,26,27);3-10,12-13,18H,11H2,1-2H3,(H,23,26);3-10,12-13,17H,11H2,1-2H3,(H,24,26);2-9,12-13,19H,10-11H2,1H3,(H,24,26)/t2*16-;13-,18+;13-,17+;13-,19+/m10111/s1. The molecule has 2 aliphatic carbocycles. The number of anilines is 4. The molecule has 37 nitrogen and oxygen atoms in total. The molecule has 7 N–H and O–H groups in total. The molecule has 15 aromatic rings. The Kier molecular flexibility index (Phi) is 30.0. The number of carbonyl (C=O) groups excluding carboxylic acids is 10. The van der Waals surface area contributed by atoms with Crippen LogP contribution in [0.4, 0.5) is 23.3 Å². The van der Waals surface area contributed by atoms with Crippen LogP contribution in [0.3, 0.4) is 0 Å². The summed E-state index contributed by atoms with van der Waals surface area (Å²) in [6.07, 6.45) is 18.2. The summed E-state index contributed by atoms with van der Waals surface area (Å²) in [5.41, 5.74) is 8.70. The Morgan fingerprint density at radius 3 is 1.16 bits per heavy atom. The fraction of sp³-hybridized carbons (Fsp3) is 0.271. The lowest BCUT2D eigenvalue weighted by Gasteiger charge is -2.23. The van der Waals surface area contributed by atoms with E-state index in [0.717, 1.165) is 74.4 Å². The van der Waals surface area contributed by atoms with Gasteiger partial charge in [-0.3, -0.25) is 82.7 Å². The predicted molar refractivity (Wildman–Crippen MR) is 541 cm³/mol. The van der Waals surface area contributed by atoms with Gasteiger partial charge in [-0.1, -0.05) is 169 Å². The van der Waals surface area contributed by atoms with Crippen LogP contribution in [0.25, 0.3) is 0 Å². The van der Waals surface area contributed by atoms with Crippen molar-refractivity contribution in [1.82, 2.24) is 97.0 Å². The van der Waals surface area contributed by atoms with E-state index in [2.05, 4.69) is 97.0 Å². The average molecular weight is 2000 g/mol. The highest BCUT2D eigenvalue weighted by atomic mass is 32.1. The fourth-order valence-corrected chi connectivity index (χ4v) is 19.7. The molecule has 2 spiro atoms. The summed E-state index contributed by atoms with van der Waals surface area (Å²) in [6, 6.07) is 65.6. The number of thiazole rings is 2. The molecule has 10 aromatic heterocycles. The molecular formula is C107H103N23O14S2. The molecule has 0 unspecified atom stereocenters. The van der Waals surface area contributed by atoms with E-state index in [9.17, 15) is 47.9 Å². The molecule has 146 heavy (non-hydrogen) atoms. The largest absolute Gasteiger partial charge is 0.486 e. The predicted octanol–water partition coefficient (Wildman–Crippen LogP) is 11.7. The minimum absolute atomic E-state index is 0.0403. The topological polar surface area (TPSA) is 471 Å². The Labute approximate surface area is 846 Å². The van der Waals surface area contributed by atoms with Gasteiger partial charge in [0.15, 0.2) is 38.9 Å². The highest BCUT2D eigenvalue weighted by Gasteiger charge is 2.54. The first-order valence-corrected chi connectivity index (χ1v) is 49.2. The summed E-state index contributed by atoms with van der Waals surface area (Å²) < 4.78 is 22.8. The number of nitrogens with zero attached hydrogens (tertiary/aromatic N) is 16. The quantitative estimate of drug-likeness (QED) is 0.0372. The molecule has 9 amide bonds. The Balaban J connectivity index is 0.000000120. The van der Waals surface area contributed by atoms with Crippen molar-refractivity contribution in [3.05, 3.63) is 361 Å². The zero-order valence-electron chi connectivity index (χ0n) is 80.6. The smallest absolute Gasteiger partial charge is 0.291 e. The second-order valence-electron chi connectivity index (χ2n) is 36.4. The molecule has 22 rings (SSSR count). The van der Waals surface area contributed by atoms with Gasteiger partial charge in [0, 0.05) is 141 Å². The van der Waals surface area contributed by atoms with Crippen molar-refractivity contribution in [2.24, 2.45) is 0 Å². The molecule has 5 aliphatic heterocycles. The summed E-state index contributed by atoms with van der Waals surface area (Å²) in [5, 5.41) is 32.4. The molecule has 15 heterocycles. The summed E-state index contributed by atoms with van der Waals surface area (Å²) >= 11 is 2.65. The zero-order valence-corrected chi connectivity index (χ0v) is 82.3. The number of fused-ring (bicyclic) bond motifs is 7. The van der Waals surface area contributed by atoms with Crippen LogP contribution in [0, 0.1) is 0 Å². The third-order valence-electron chi connectivity index (χ3n) is 26.0. The molecule has 0 radical (unpaired) electrons. The number of hydrogen-bond acceptors (Lipinski definition) is 28. The van der Waals surface area contributed by atoms with Crippen molar-refractivity contribution >= 4 is 105 Å². The maximum Gasteiger partial charge on any atom is 0.291 e. The van der Waals surface area contributed by atoms with E-state index in [1.807, 2.05) is 176 Å². The second kappa shape index (κ2) is 44.2.